The molecule has 5 rings (SSSR count). The molecule has 0 spiro atoms. The van der Waals surface area contributed by atoms with Crippen molar-refractivity contribution in [3.63, 3.8) is 0 Å². The van der Waals surface area contributed by atoms with Gasteiger partial charge in [0.15, 0.2) is 5.76 Å². The molecule has 1 saturated carbocycles. The van der Waals surface area contributed by atoms with Crippen LogP contribution >= 0.6 is 11.8 Å². The smallest absolute Gasteiger partial charge is 0.288 e. The lowest BCUT2D eigenvalue weighted by Gasteiger charge is -2.39. The molecule has 4 heterocycles. The van der Waals surface area contributed by atoms with Gasteiger partial charge in [-0.15, -0.1) is 0 Å². The predicted molar refractivity (Wildman–Crippen MR) is 134 cm³/mol. The van der Waals surface area contributed by atoms with Crippen LogP contribution in [0, 0.1) is 17.8 Å². The van der Waals surface area contributed by atoms with Crippen molar-refractivity contribution in [2.75, 3.05) is 64.2 Å². The van der Waals surface area contributed by atoms with Crippen molar-refractivity contribution in [1.29, 1.82) is 0 Å². The third-order valence-electron chi connectivity index (χ3n) is 8.31. The molecule has 6 atom stereocenters. The highest BCUT2D eigenvalue weighted by molar-refractivity contribution is 7.99. The van der Waals surface area contributed by atoms with Crippen LogP contribution in [-0.4, -0.2) is 104 Å². The van der Waals surface area contributed by atoms with Crippen LogP contribution in [0.1, 0.15) is 44.9 Å². The maximum Gasteiger partial charge on any atom is 0.288 e. The van der Waals surface area contributed by atoms with Crippen LogP contribution in [0.5, 0.6) is 0 Å². The zero-order chi connectivity index (χ0) is 24.0. The number of rotatable bonds is 9. The summed E-state index contributed by atoms with van der Waals surface area (Å²) in [5.74, 6) is 4.42. The van der Waals surface area contributed by atoms with E-state index >= 15 is 0 Å². The molecule has 1 N–H and O–H groups in total. The molecule has 0 radical (unpaired) electrons. The van der Waals surface area contributed by atoms with Crippen molar-refractivity contribution in [2.24, 2.45) is 17.8 Å². The molecule has 4 aliphatic heterocycles. The third kappa shape index (κ3) is 6.73. The Balaban J connectivity index is 1.12. The van der Waals surface area contributed by atoms with Crippen molar-refractivity contribution in [3.05, 3.63) is 11.8 Å². The number of hydrogen-bond acceptors (Lipinski definition) is 8. The molecule has 4 fully saturated rings. The number of carbonyl (C=O) groups is 1. The number of aliphatic hydroxyl groups is 1. The Kier molecular flexibility index (Phi) is 9.29. The Labute approximate surface area is 213 Å². The van der Waals surface area contributed by atoms with E-state index in [1.807, 2.05) is 16.7 Å². The summed E-state index contributed by atoms with van der Waals surface area (Å²) in [6, 6.07) is 0. The maximum atomic E-state index is 13.4. The van der Waals surface area contributed by atoms with Crippen LogP contribution < -0.4 is 0 Å². The van der Waals surface area contributed by atoms with Gasteiger partial charge >= 0.3 is 0 Å². The van der Waals surface area contributed by atoms with E-state index in [0.29, 0.717) is 43.0 Å². The fraction of sp³-hybridized carbons (Fsp3) is 0.885. The quantitative estimate of drug-likeness (QED) is 0.474. The van der Waals surface area contributed by atoms with Gasteiger partial charge in [-0.05, 0) is 73.9 Å². The van der Waals surface area contributed by atoms with Crippen LogP contribution in [0.2, 0.25) is 0 Å². The standard InChI is InChI=1S/C26H42N2O6S/c29-10-1-2-11-31-25-15-21(20-5-12-35-17-20)14-24(34-25)26(30)28-8-6-27(7-9-28)16-19-3-4-22-23(13-19)33-18-32-22/h14,19-23,25,29H,1-13,15-18H2/t19?,20?,21-,22?,23?,25+/m0/s1. The number of thioether (sulfide) groups is 1. The van der Waals surface area contributed by atoms with Gasteiger partial charge in [-0.25, -0.2) is 0 Å². The van der Waals surface area contributed by atoms with Crippen LogP contribution in [0.4, 0.5) is 0 Å². The number of carbonyl (C=O) groups excluding carboxylic acids is 1. The van der Waals surface area contributed by atoms with E-state index in [1.54, 1.807) is 0 Å². The molecule has 4 unspecified atom stereocenters. The van der Waals surface area contributed by atoms with Crippen molar-refractivity contribution in [2.45, 2.75) is 63.4 Å². The first-order chi connectivity index (χ1) is 17.2. The number of allylic oxidation sites excluding steroid dienone is 1. The number of fused-ring (bicyclic) bond motifs is 1. The zero-order valence-electron chi connectivity index (χ0n) is 20.9. The first-order valence-corrected chi connectivity index (χ1v) is 14.8. The summed E-state index contributed by atoms with van der Waals surface area (Å²) >= 11 is 2.00. The normalized spacial score (nSPS) is 36.0. The number of hydrogen-bond donors (Lipinski definition) is 1. The van der Waals surface area contributed by atoms with Crippen molar-refractivity contribution < 1.29 is 28.8 Å². The number of aliphatic hydroxyl groups excluding tert-OH is 1. The second-order valence-corrected chi connectivity index (χ2v) is 11.9. The Hall–Kier alpha value is -0.840. The minimum Gasteiger partial charge on any atom is -0.459 e. The molecule has 1 aliphatic carbocycles. The molecule has 35 heavy (non-hydrogen) atoms. The Bertz CT molecular complexity index is 725. The van der Waals surface area contributed by atoms with Crippen LogP contribution in [0.15, 0.2) is 11.8 Å². The average molecular weight is 511 g/mol. The van der Waals surface area contributed by atoms with E-state index in [1.165, 1.54) is 18.6 Å². The van der Waals surface area contributed by atoms with Gasteiger partial charge in [0, 0.05) is 45.8 Å². The summed E-state index contributed by atoms with van der Waals surface area (Å²) in [6.45, 7) is 5.56. The molecule has 3 saturated heterocycles. The number of amides is 1. The highest BCUT2D eigenvalue weighted by atomic mass is 32.2. The van der Waals surface area contributed by atoms with Crippen LogP contribution in [0.3, 0.4) is 0 Å². The summed E-state index contributed by atoms with van der Waals surface area (Å²) < 4.78 is 23.5. The van der Waals surface area contributed by atoms with Crippen molar-refractivity contribution in [3.8, 4) is 0 Å². The predicted octanol–water partition coefficient (Wildman–Crippen LogP) is 2.46. The first kappa shape index (κ1) is 25.8. The molecule has 5 aliphatic rings. The summed E-state index contributed by atoms with van der Waals surface area (Å²) in [5.41, 5.74) is 0. The largest absolute Gasteiger partial charge is 0.459 e. The highest BCUT2D eigenvalue weighted by Crippen LogP contribution is 2.37. The summed E-state index contributed by atoms with van der Waals surface area (Å²) in [4.78, 5) is 17.9. The van der Waals surface area contributed by atoms with Gasteiger partial charge < -0.3 is 29.0 Å². The lowest BCUT2D eigenvalue weighted by molar-refractivity contribution is -0.157. The fourth-order valence-corrected chi connectivity index (χ4v) is 7.52. The third-order valence-corrected chi connectivity index (χ3v) is 9.49. The molecule has 0 aromatic heterocycles. The Morgan fingerprint density at radius 2 is 1.94 bits per heavy atom. The molecule has 0 bridgehead atoms. The van der Waals surface area contributed by atoms with E-state index in [9.17, 15) is 4.79 Å². The van der Waals surface area contributed by atoms with Gasteiger partial charge in [0.2, 0.25) is 6.29 Å². The molecule has 8 nitrogen and oxygen atoms in total. The lowest BCUT2D eigenvalue weighted by atomic mass is 9.85. The second-order valence-electron chi connectivity index (χ2n) is 10.7. The van der Waals surface area contributed by atoms with E-state index in [2.05, 4.69) is 11.0 Å². The molecule has 1 amide bonds. The topological polar surface area (TPSA) is 80.7 Å². The number of unbranched alkanes of at least 4 members (excludes halogenated alkanes) is 1. The summed E-state index contributed by atoms with van der Waals surface area (Å²) in [7, 11) is 0. The Morgan fingerprint density at radius 3 is 2.74 bits per heavy atom. The molecular formula is C26H42N2O6S. The SMILES string of the molecule is O=C(C1=C[C@H](C2CCSC2)C[C@H](OCCCCO)O1)N1CCN(CC2CCC3OCOC3C2)CC1. The fourth-order valence-electron chi connectivity index (χ4n) is 6.17. The van der Waals surface area contributed by atoms with Gasteiger partial charge in [-0.3, -0.25) is 9.69 Å². The minimum absolute atomic E-state index is 0.0148. The molecule has 198 valence electrons. The maximum absolute atomic E-state index is 13.4. The Morgan fingerprint density at radius 1 is 1.09 bits per heavy atom. The van der Waals surface area contributed by atoms with Gasteiger partial charge in [0.05, 0.1) is 18.8 Å². The van der Waals surface area contributed by atoms with Gasteiger partial charge in [-0.1, -0.05) is 0 Å². The summed E-state index contributed by atoms with van der Waals surface area (Å²) in [6.07, 6.45) is 9.24. The highest BCUT2D eigenvalue weighted by Gasteiger charge is 2.38. The number of nitrogens with zero attached hydrogens (tertiary/aromatic N) is 2. The van der Waals surface area contributed by atoms with Crippen LogP contribution in [0.25, 0.3) is 0 Å². The van der Waals surface area contributed by atoms with E-state index in [-0.39, 0.29) is 24.9 Å². The molecule has 0 aromatic carbocycles. The van der Waals surface area contributed by atoms with E-state index in [0.717, 1.165) is 70.6 Å². The number of ether oxygens (including phenoxy) is 4. The average Bonchev–Trinajstić information content (AvgIpc) is 3.59. The zero-order valence-corrected chi connectivity index (χ0v) is 21.7. The number of piperazine rings is 1. The molecular weight excluding hydrogens is 468 g/mol. The lowest BCUT2D eigenvalue weighted by Crippen LogP contribution is -2.51. The van der Waals surface area contributed by atoms with Crippen molar-refractivity contribution >= 4 is 17.7 Å². The van der Waals surface area contributed by atoms with E-state index < -0.39 is 0 Å². The first-order valence-electron chi connectivity index (χ1n) is 13.6. The van der Waals surface area contributed by atoms with E-state index in [4.69, 9.17) is 24.1 Å². The summed E-state index contributed by atoms with van der Waals surface area (Å²) in [5, 5.41) is 9.03. The minimum atomic E-state index is -0.369. The second kappa shape index (κ2) is 12.6. The monoisotopic (exact) mass is 510 g/mol. The van der Waals surface area contributed by atoms with Gasteiger partial charge in [0.1, 0.15) is 6.79 Å². The molecule has 9 heteroatoms. The van der Waals surface area contributed by atoms with Gasteiger partial charge in [0.25, 0.3) is 5.91 Å². The van der Waals surface area contributed by atoms with Crippen LogP contribution in [-0.2, 0) is 23.7 Å². The molecule has 0 aromatic rings. The van der Waals surface area contributed by atoms with Gasteiger partial charge in [-0.2, -0.15) is 11.8 Å². The van der Waals surface area contributed by atoms with Crippen molar-refractivity contribution in [1.82, 2.24) is 9.80 Å².